The summed E-state index contributed by atoms with van der Waals surface area (Å²) in [6.45, 7) is 11.2. The predicted molar refractivity (Wildman–Crippen MR) is 93.0 cm³/mol. The Balaban J connectivity index is 1.59. The van der Waals surface area contributed by atoms with Gasteiger partial charge in [-0.15, -0.1) is 0 Å². The van der Waals surface area contributed by atoms with Gasteiger partial charge in [0.15, 0.2) is 0 Å². The summed E-state index contributed by atoms with van der Waals surface area (Å²) < 4.78 is 5.73. The van der Waals surface area contributed by atoms with Crippen LogP contribution in [0.5, 0.6) is 0 Å². The maximum absolute atomic E-state index is 12.8. The molecule has 2 fully saturated rings. The Morgan fingerprint density at radius 1 is 1.12 bits per heavy atom. The van der Waals surface area contributed by atoms with Crippen LogP contribution in [0.1, 0.15) is 38.2 Å². The monoisotopic (exact) mass is 332 g/mol. The molecule has 0 spiro atoms. The van der Waals surface area contributed by atoms with Crippen molar-refractivity contribution in [1.29, 1.82) is 0 Å². The van der Waals surface area contributed by atoms with Gasteiger partial charge in [0, 0.05) is 43.9 Å². The summed E-state index contributed by atoms with van der Waals surface area (Å²) >= 11 is 0. The Hall–Kier alpha value is -1.69. The van der Waals surface area contributed by atoms with Gasteiger partial charge in [-0.2, -0.15) is 0 Å². The van der Waals surface area contributed by atoms with Crippen LogP contribution in [0, 0.1) is 19.8 Å². The minimum Gasteiger partial charge on any atom is -0.372 e. The second-order valence-corrected chi connectivity index (χ2v) is 7.18. The molecule has 2 atom stereocenters. The van der Waals surface area contributed by atoms with E-state index in [0.29, 0.717) is 19.0 Å². The zero-order valence-electron chi connectivity index (χ0n) is 15.2. The zero-order chi connectivity index (χ0) is 17.3. The second kappa shape index (κ2) is 7.05. The summed E-state index contributed by atoms with van der Waals surface area (Å²) in [5, 5.41) is 0. The van der Waals surface area contributed by atoms with Gasteiger partial charge < -0.3 is 14.5 Å². The molecule has 0 bridgehead atoms. The second-order valence-electron chi connectivity index (χ2n) is 7.18. The highest BCUT2D eigenvalue weighted by molar-refractivity contribution is 5.79. The van der Waals surface area contributed by atoms with Crippen LogP contribution >= 0.6 is 0 Å². The number of rotatable bonds is 2. The molecule has 2 unspecified atom stereocenters. The van der Waals surface area contributed by atoms with Crippen LogP contribution < -0.4 is 4.90 Å². The molecule has 1 aromatic rings. The van der Waals surface area contributed by atoms with Crippen LogP contribution in [0.4, 0.5) is 5.82 Å². The third-order valence-corrected chi connectivity index (χ3v) is 4.85. The third kappa shape index (κ3) is 3.86. The standard InChI is InChI=1S/C18H28N4O2/c1-12-9-17(20-15(4)19-12)21-7-5-16(6-8-21)18(23)22-10-13(2)24-14(3)11-22/h9,13-14,16H,5-8,10-11H2,1-4H3. The van der Waals surface area contributed by atoms with E-state index in [-0.39, 0.29) is 18.1 Å². The lowest BCUT2D eigenvalue weighted by Crippen LogP contribution is -2.51. The van der Waals surface area contributed by atoms with Gasteiger partial charge in [-0.1, -0.05) is 0 Å². The fourth-order valence-electron chi connectivity index (χ4n) is 3.83. The Morgan fingerprint density at radius 3 is 2.33 bits per heavy atom. The number of morpholine rings is 1. The molecule has 6 nitrogen and oxygen atoms in total. The average Bonchev–Trinajstić information content (AvgIpc) is 2.52. The number of piperidine rings is 1. The van der Waals surface area contributed by atoms with E-state index in [9.17, 15) is 4.79 Å². The number of carbonyl (C=O) groups excluding carboxylic acids is 1. The van der Waals surface area contributed by atoms with Crippen LogP contribution in [0.2, 0.25) is 0 Å². The van der Waals surface area contributed by atoms with Crippen molar-refractivity contribution in [3.8, 4) is 0 Å². The molecule has 2 aliphatic heterocycles. The lowest BCUT2D eigenvalue weighted by molar-refractivity contribution is -0.148. The van der Waals surface area contributed by atoms with Crippen molar-refractivity contribution in [3.63, 3.8) is 0 Å². The van der Waals surface area contributed by atoms with Crippen molar-refractivity contribution < 1.29 is 9.53 Å². The van der Waals surface area contributed by atoms with E-state index in [4.69, 9.17) is 4.74 Å². The highest BCUT2D eigenvalue weighted by Gasteiger charge is 2.32. The Bertz CT molecular complexity index is 568. The van der Waals surface area contributed by atoms with Crippen molar-refractivity contribution in [2.75, 3.05) is 31.1 Å². The van der Waals surface area contributed by atoms with E-state index in [2.05, 4.69) is 14.9 Å². The first-order valence-electron chi connectivity index (χ1n) is 8.94. The molecule has 0 radical (unpaired) electrons. The van der Waals surface area contributed by atoms with Gasteiger partial charge in [0.1, 0.15) is 11.6 Å². The predicted octanol–water partition coefficient (Wildman–Crippen LogP) is 1.95. The number of nitrogens with zero attached hydrogens (tertiary/aromatic N) is 4. The topological polar surface area (TPSA) is 58.6 Å². The van der Waals surface area contributed by atoms with E-state index in [1.165, 1.54) is 0 Å². The van der Waals surface area contributed by atoms with E-state index in [0.717, 1.165) is 43.3 Å². The lowest BCUT2D eigenvalue weighted by Gasteiger charge is -2.39. The normalized spacial score (nSPS) is 25.8. The highest BCUT2D eigenvalue weighted by Crippen LogP contribution is 2.25. The molecule has 0 saturated carbocycles. The molecule has 0 aromatic carbocycles. The number of carbonyl (C=O) groups is 1. The minimum atomic E-state index is 0.128. The molecule has 2 saturated heterocycles. The van der Waals surface area contributed by atoms with Gasteiger partial charge in [-0.25, -0.2) is 9.97 Å². The van der Waals surface area contributed by atoms with E-state index < -0.39 is 0 Å². The number of amides is 1. The summed E-state index contributed by atoms with van der Waals surface area (Å²) in [5.74, 6) is 2.22. The quantitative estimate of drug-likeness (QED) is 0.828. The molecular weight excluding hydrogens is 304 g/mol. The molecular formula is C18H28N4O2. The Morgan fingerprint density at radius 2 is 1.75 bits per heavy atom. The highest BCUT2D eigenvalue weighted by atomic mass is 16.5. The first-order chi connectivity index (χ1) is 11.4. The van der Waals surface area contributed by atoms with Crippen LogP contribution in [-0.2, 0) is 9.53 Å². The van der Waals surface area contributed by atoms with E-state index >= 15 is 0 Å². The number of aryl methyl sites for hydroxylation is 2. The number of anilines is 1. The summed E-state index contributed by atoms with van der Waals surface area (Å²) in [7, 11) is 0. The molecule has 3 heterocycles. The number of ether oxygens (including phenoxy) is 1. The molecule has 0 N–H and O–H groups in total. The minimum absolute atomic E-state index is 0.128. The van der Waals surface area contributed by atoms with Gasteiger partial charge in [0.05, 0.1) is 12.2 Å². The van der Waals surface area contributed by atoms with Crippen molar-refractivity contribution in [2.45, 2.75) is 52.7 Å². The van der Waals surface area contributed by atoms with E-state index in [1.54, 1.807) is 0 Å². The molecule has 132 valence electrons. The molecule has 6 heteroatoms. The summed E-state index contributed by atoms with van der Waals surface area (Å²) in [6, 6.07) is 2.03. The Labute approximate surface area is 144 Å². The Kier molecular flexibility index (Phi) is 5.04. The average molecular weight is 332 g/mol. The largest absolute Gasteiger partial charge is 0.372 e. The summed E-state index contributed by atoms with van der Waals surface area (Å²) in [4.78, 5) is 26.0. The van der Waals surface area contributed by atoms with Crippen molar-refractivity contribution in [1.82, 2.24) is 14.9 Å². The molecule has 0 aliphatic carbocycles. The molecule has 24 heavy (non-hydrogen) atoms. The van der Waals surface area contributed by atoms with Gasteiger partial charge in [-0.3, -0.25) is 4.79 Å². The van der Waals surface area contributed by atoms with Gasteiger partial charge in [-0.05, 0) is 40.5 Å². The van der Waals surface area contributed by atoms with Crippen molar-refractivity contribution >= 4 is 11.7 Å². The molecule has 1 aromatic heterocycles. The van der Waals surface area contributed by atoms with Crippen LogP contribution in [0.3, 0.4) is 0 Å². The van der Waals surface area contributed by atoms with Crippen molar-refractivity contribution in [3.05, 3.63) is 17.6 Å². The van der Waals surface area contributed by atoms with E-state index in [1.807, 2.05) is 38.7 Å². The maximum Gasteiger partial charge on any atom is 0.225 e. The number of hydrogen-bond acceptors (Lipinski definition) is 5. The van der Waals surface area contributed by atoms with Crippen LogP contribution in [0.15, 0.2) is 6.07 Å². The van der Waals surface area contributed by atoms with Gasteiger partial charge >= 0.3 is 0 Å². The zero-order valence-corrected chi connectivity index (χ0v) is 15.2. The number of hydrogen-bond donors (Lipinski definition) is 0. The van der Waals surface area contributed by atoms with Gasteiger partial charge in [0.2, 0.25) is 5.91 Å². The molecule has 1 amide bonds. The summed E-state index contributed by atoms with van der Waals surface area (Å²) in [6.07, 6.45) is 2.04. The SMILES string of the molecule is Cc1cc(N2CCC(C(=O)N3CC(C)OC(C)C3)CC2)nc(C)n1. The number of aromatic nitrogens is 2. The van der Waals surface area contributed by atoms with Crippen molar-refractivity contribution in [2.24, 2.45) is 5.92 Å². The third-order valence-electron chi connectivity index (χ3n) is 4.85. The molecule has 3 rings (SSSR count). The van der Waals surface area contributed by atoms with Crippen LogP contribution in [0.25, 0.3) is 0 Å². The maximum atomic E-state index is 12.8. The smallest absolute Gasteiger partial charge is 0.225 e. The fraction of sp³-hybridized carbons (Fsp3) is 0.722. The first-order valence-corrected chi connectivity index (χ1v) is 8.94. The fourth-order valence-corrected chi connectivity index (χ4v) is 3.83. The summed E-state index contributed by atoms with van der Waals surface area (Å²) in [5.41, 5.74) is 0.993. The molecule has 2 aliphatic rings. The lowest BCUT2D eigenvalue weighted by atomic mass is 9.94. The van der Waals surface area contributed by atoms with Crippen LogP contribution in [-0.4, -0.2) is 59.2 Å². The first kappa shape index (κ1) is 17.1. The van der Waals surface area contributed by atoms with Gasteiger partial charge in [0.25, 0.3) is 0 Å².